The molecule has 1 aromatic heterocycles. The Bertz CT molecular complexity index is 468. The van der Waals surface area contributed by atoms with E-state index in [1.165, 1.54) is 5.69 Å². The van der Waals surface area contributed by atoms with Crippen LogP contribution in [0.2, 0.25) is 0 Å². The molecule has 0 spiro atoms. The number of carbonyl (C=O) groups is 1. The summed E-state index contributed by atoms with van der Waals surface area (Å²) in [5.74, 6) is 0.398. The molecule has 2 unspecified atom stereocenters. The van der Waals surface area contributed by atoms with Gasteiger partial charge in [0.1, 0.15) is 0 Å². The predicted molar refractivity (Wildman–Crippen MR) is 83.1 cm³/mol. The van der Waals surface area contributed by atoms with E-state index >= 15 is 0 Å². The minimum atomic E-state index is -0.376. The fourth-order valence-corrected chi connectivity index (χ4v) is 2.51. The van der Waals surface area contributed by atoms with E-state index in [1.807, 2.05) is 26.2 Å². The van der Waals surface area contributed by atoms with Gasteiger partial charge in [0.05, 0.1) is 6.10 Å². The van der Waals surface area contributed by atoms with Crippen molar-refractivity contribution in [2.75, 3.05) is 13.6 Å². The minimum Gasteiger partial charge on any atom is -0.391 e. The van der Waals surface area contributed by atoms with Gasteiger partial charge in [0.15, 0.2) is 0 Å². The number of hydrogen-bond acceptors (Lipinski definition) is 2. The van der Waals surface area contributed by atoms with Crippen molar-refractivity contribution < 1.29 is 9.90 Å². The van der Waals surface area contributed by atoms with Crippen molar-refractivity contribution in [2.45, 2.75) is 44.8 Å². The van der Waals surface area contributed by atoms with Crippen LogP contribution < -0.4 is 5.32 Å². The molecule has 0 saturated heterocycles. The van der Waals surface area contributed by atoms with Crippen molar-refractivity contribution in [3.63, 3.8) is 0 Å². The van der Waals surface area contributed by atoms with Gasteiger partial charge in [-0.1, -0.05) is 0 Å². The fraction of sp³-hybridized carbons (Fsp3) is 0.688. The lowest BCUT2D eigenvalue weighted by Crippen LogP contribution is -2.45. The molecule has 21 heavy (non-hydrogen) atoms. The molecular formula is C16H27N3O2. The summed E-state index contributed by atoms with van der Waals surface area (Å²) in [5, 5.41) is 12.9. The van der Waals surface area contributed by atoms with Gasteiger partial charge in [-0.3, -0.25) is 0 Å². The Balaban J connectivity index is 1.69. The van der Waals surface area contributed by atoms with Gasteiger partial charge < -0.3 is 19.9 Å². The topological polar surface area (TPSA) is 57.5 Å². The quantitative estimate of drug-likeness (QED) is 0.805. The molecular weight excluding hydrogens is 266 g/mol. The second kappa shape index (κ2) is 6.98. The maximum absolute atomic E-state index is 12.1. The molecule has 1 aliphatic carbocycles. The molecule has 0 radical (unpaired) electrons. The molecule has 1 saturated carbocycles. The van der Waals surface area contributed by atoms with E-state index in [9.17, 15) is 9.90 Å². The zero-order valence-electron chi connectivity index (χ0n) is 13.2. The first-order valence-corrected chi connectivity index (χ1v) is 7.77. The standard InChI is InChI=1S/C16H27N3O2/c1-12(6-9-14-5-4-10-18(14)2)17-16(21)19(3)11-15(20)13-7-8-13/h4-5,10,12-13,15,20H,6-9,11H2,1-3H3,(H,17,21). The predicted octanol–water partition coefficient (Wildman–Crippen LogP) is 1.76. The number of aryl methyl sites for hydroxylation is 2. The second-order valence-electron chi connectivity index (χ2n) is 6.28. The van der Waals surface area contributed by atoms with Gasteiger partial charge in [0.2, 0.25) is 0 Å². The highest BCUT2D eigenvalue weighted by Crippen LogP contribution is 2.32. The van der Waals surface area contributed by atoms with Crippen LogP contribution >= 0.6 is 0 Å². The zero-order chi connectivity index (χ0) is 15.4. The van der Waals surface area contributed by atoms with Gasteiger partial charge in [-0.05, 0) is 50.7 Å². The minimum absolute atomic E-state index is 0.103. The van der Waals surface area contributed by atoms with Gasteiger partial charge >= 0.3 is 6.03 Å². The number of urea groups is 1. The molecule has 5 nitrogen and oxygen atoms in total. The smallest absolute Gasteiger partial charge is 0.317 e. The monoisotopic (exact) mass is 293 g/mol. The highest BCUT2D eigenvalue weighted by atomic mass is 16.3. The van der Waals surface area contributed by atoms with Gasteiger partial charge in [-0.15, -0.1) is 0 Å². The lowest BCUT2D eigenvalue weighted by molar-refractivity contribution is 0.112. The summed E-state index contributed by atoms with van der Waals surface area (Å²) in [5.41, 5.74) is 1.27. The first kappa shape index (κ1) is 15.9. The van der Waals surface area contributed by atoms with Crippen LogP contribution in [-0.2, 0) is 13.5 Å². The van der Waals surface area contributed by atoms with E-state index in [-0.39, 0.29) is 18.2 Å². The highest BCUT2D eigenvalue weighted by molar-refractivity contribution is 5.74. The second-order valence-corrected chi connectivity index (χ2v) is 6.28. The van der Waals surface area contributed by atoms with Crippen molar-refractivity contribution in [3.8, 4) is 0 Å². The number of aromatic nitrogens is 1. The Labute approximate surface area is 126 Å². The molecule has 1 fully saturated rings. The van der Waals surface area contributed by atoms with Crippen LogP contribution in [0.3, 0.4) is 0 Å². The van der Waals surface area contributed by atoms with E-state index in [0.717, 1.165) is 25.7 Å². The van der Waals surface area contributed by atoms with Crippen LogP contribution in [-0.4, -0.2) is 46.3 Å². The first-order valence-electron chi connectivity index (χ1n) is 7.77. The van der Waals surface area contributed by atoms with Crippen molar-refractivity contribution in [1.29, 1.82) is 0 Å². The molecule has 118 valence electrons. The maximum Gasteiger partial charge on any atom is 0.317 e. The Hall–Kier alpha value is -1.49. The van der Waals surface area contributed by atoms with E-state index in [2.05, 4.69) is 16.0 Å². The summed E-state index contributed by atoms with van der Waals surface area (Å²) in [7, 11) is 3.77. The molecule has 2 N–H and O–H groups in total. The number of aliphatic hydroxyl groups excluding tert-OH is 1. The Morgan fingerprint density at radius 3 is 2.86 bits per heavy atom. The van der Waals surface area contributed by atoms with Gasteiger partial charge in [-0.25, -0.2) is 4.79 Å². The molecule has 0 aliphatic heterocycles. The number of aliphatic hydroxyl groups is 1. The molecule has 1 heterocycles. The first-order chi connectivity index (χ1) is 9.97. The molecule has 1 aromatic rings. The zero-order valence-corrected chi connectivity index (χ0v) is 13.2. The Kier molecular flexibility index (Phi) is 5.28. The van der Waals surface area contributed by atoms with Crippen LogP contribution in [0.4, 0.5) is 4.79 Å². The summed E-state index contributed by atoms with van der Waals surface area (Å²) in [6, 6.07) is 4.15. The van der Waals surface area contributed by atoms with Gasteiger partial charge in [0, 0.05) is 38.6 Å². The lowest BCUT2D eigenvalue weighted by Gasteiger charge is -2.23. The normalized spacial score (nSPS) is 17.3. The van der Waals surface area contributed by atoms with Crippen molar-refractivity contribution in [3.05, 3.63) is 24.0 Å². The van der Waals surface area contributed by atoms with E-state index < -0.39 is 0 Å². The molecule has 1 aliphatic rings. The van der Waals surface area contributed by atoms with Crippen molar-refractivity contribution in [2.24, 2.45) is 13.0 Å². The number of carbonyl (C=O) groups excluding carboxylic acids is 1. The van der Waals surface area contributed by atoms with Crippen LogP contribution in [0, 0.1) is 5.92 Å². The molecule has 0 aromatic carbocycles. The average molecular weight is 293 g/mol. The van der Waals surface area contributed by atoms with Crippen LogP contribution in [0.15, 0.2) is 18.3 Å². The SMILES string of the molecule is CC(CCc1cccn1C)NC(=O)N(C)CC(O)C1CC1. The fourth-order valence-electron chi connectivity index (χ4n) is 2.51. The van der Waals surface area contributed by atoms with Gasteiger partial charge in [-0.2, -0.15) is 0 Å². The number of rotatable bonds is 7. The summed E-state index contributed by atoms with van der Waals surface area (Å²) < 4.78 is 2.10. The third kappa shape index (κ3) is 4.77. The average Bonchev–Trinajstić information content (AvgIpc) is 3.20. The Morgan fingerprint density at radius 2 is 2.29 bits per heavy atom. The number of amides is 2. The Morgan fingerprint density at radius 1 is 1.57 bits per heavy atom. The molecule has 2 rings (SSSR count). The summed E-state index contributed by atoms with van der Waals surface area (Å²) in [6.45, 7) is 2.44. The maximum atomic E-state index is 12.1. The van der Waals surface area contributed by atoms with E-state index in [4.69, 9.17) is 0 Å². The number of hydrogen-bond donors (Lipinski definition) is 2. The largest absolute Gasteiger partial charge is 0.391 e. The third-order valence-corrected chi connectivity index (χ3v) is 4.23. The highest BCUT2D eigenvalue weighted by Gasteiger charge is 2.31. The number of likely N-dealkylation sites (N-methyl/N-ethyl adjacent to an activating group) is 1. The van der Waals surface area contributed by atoms with Crippen LogP contribution in [0.25, 0.3) is 0 Å². The number of nitrogens with one attached hydrogen (secondary N) is 1. The third-order valence-electron chi connectivity index (χ3n) is 4.23. The van der Waals surface area contributed by atoms with Gasteiger partial charge in [0.25, 0.3) is 0 Å². The van der Waals surface area contributed by atoms with Crippen molar-refractivity contribution >= 4 is 6.03 Å². The molecule has 0 bridgehead atoms. The number of nitrogens with zero attached hydrogens (tertiary/aromatic N) is 2. The molecule has 5 heteroatoms. The van der Waals surface area contributed by atoms with E-state index in [0.29, 0.717) is 12.5 Å². The summed E-state index contributed by atoms with van der Waals surface area (Å²) in [4.78, 5) is 13.6. The van der Waals surface area contributed by atoms with Crippen LogP contribution in [0.1, 0.15) is 31.9 Å². The van der Waals surface area contributed by atoms with Crippen LogP contribution in [0.5, 0.6) is 0 Å². The van der Waals surface area contributed by atoms with E-state index in [1.54, 1.807) is 11.9 Å². The van der Waals surface area contributed by atoms with Crippen molar-refractivity contribution in [1.82, 2.24) is 14.8 Å². The lowest BCUT2D eigenvalue weighted by atomic mass is 10.1. The summed E-state index contributed by atoms with van der Waals surface area (Å²) in [6.07, 6.45) is 5.68. The summed E-state index contributed by atoms with van der Waals surface area (Å²) >= 11 is 0. The molecule has 2 atom stereocenters. The molecule has 2 amide bonds.